The molecule has 104 valence electrons. The Balaban J connectivity index is 2.19. The van der Waals surface area contributed by atoms with Crippen LogP contribution in [0.5, 0.6) is 0 Å². The summed E-state index contributed by atoms with van der Waals surface area (Å²) in [5.74, 6) is 1.80. The summed E-state index contributed by atoms with van der Waals surface area (Å²) in [6, 6.07) is 7.51. The molecule has 0 bridgehead atoms. The lowest BCUT2D eigenvalue weighted by atomic mass is 10.2. The van der Waals surface area contributed by atoms with Gasteiger partial charge in [-0.1, -0.05) is 12.1 Å². The van der Waals surface area contributed by atoms with Crippen LogP contribution in [0.15, 0.2) is 34.1 Å². The van der Waals surface area contributed by atoms with E-state index in [9.17, 15) is 4.79 Å². The Bertz CT molecular complexity index is 732. The van der Waals surface area contributed by atoms with E-state index in [-0.39, 0.29) is 5.56 Å². The van der Waals surface area contributed by atoms with E-state index in [0.717, 1.165) is 30.3 Å². The van der Waals surface area contributed by atoms with Gasteiger partial charge in [0.1, 0.15) is 11.7 Å². The van der Waals surface area contributed by atoms with Crippen LogP contribution in [0.3, 0.4) is 0 Å². The molecule has 3 rings (SSSR count). The van der Waals surface area contributed by atoms with Crippen molar-refractivity contribution in [1.29, 1.82) is 0 Å². The van der Waals surface area contributed by atoms with E-state index in [4.69, 9.17) is 0 Å². The first-order valence-corrected chi connectivity index (χ1v) is 7.01. The summed E-state index contributed by atoms with van der Waals surface area (Å²) in [5.41, 5.74) is 0.806. The highest BCUT2D eigenvalue weighted by molar-refractivity contribution is 5.84. The van der Waals surface area contributed by atoms with Gasteiger partial charge in [-0.05, 0) is 26.0 Å². The van der Waals surface area contributed by atoms with Crippen LogP contribution in [0.4, 0.5) is 0 Å². The van der Waals surface area contributed by atoms with Crippen LogP contribution in [-0.2, 0) is 13.1 Å². The number of hydrogen-bond donors (Lipinski definition) is 0. The van der Waals surface area contributed by atoms with E-state index in [0.29, 0.717) is 18.5 Å². The Morgan fingerprint density at radius 1 is 1.25 bits per heavy atom. The molecule has 1 aromatic heterocycles. The second kappa shape index (κ2) is 5.07. The summed E-state index contributed by atoms with van der Waals surface area (Å²) in [6.07, 6.45) is 0. The zero-order chi connectivity index (χ0) is 14.1. The standard InChI is InChI=1S/C15H18N4O/c1-3-16-13-10-19-14(9-18(13)4-2)17-12-8-6-5-7-11(12)15(19)20/h5-8H,3-4,9-10H2,1-2H3. The Kier molecular flexibility index (Phi) is 3.26. The summed E-state index contributed by atoms with van der Waals surface area (Å²) in [5, 5.41) is 0.678. The van der Waals surface area contributed by atoms with Gasteiger partial charge in [0.15, 0.2) is 0 Å². The number of aromatic nitrogens is 2. The largest absolute Gasteiger partial charge is 0.352 e. The molecule has 0 spiro atoms. The van der Waals surface area contributed by atoms with Crippen molar-refractivity contribution in [3.8, 4) is 0 Å². The summed E-state index contributed by atoms with van der Waals surface area (Å²) in [6.45, 7) is 6.89. The Morgan fingerprint density at radius 3 is 2.80 bits per heavy atom. The molecule has 0 fully saturated rings. The first-order chi connectivity index (χ1) is 9.74. The minimum Gasteiger partial charge on any atom is -0.352 e. The Labute approximate surface area is 117 Å². The van der Waals surface area contributed by atoms with E-state index < -0.39 is 0 Å². The first-order valence-electron chi connectivity index (χ1n) is 7.01. The molecule has 1 aromatic carbocycles. The average molecular weight is 270 g/mol. The van der Waals surface area contributed by atoms with E-state index in [1.165, 1.54) is 0 Å². The minimum atomic E-state index is 0.0326. The zero-order valence-corrected chi connectivity index (χ0v) is 11.8. The number of rotatable bonds is 2. The quantitative estimate of drug-likeness (QED) is 0.833. The number of benzene rings is 1. The summed E-state index contributed by atoms with van der Waals surface area (Å²) in [4.78, 5) is 23.9. The maximum absolute atomic E-state index is 12.6. The van der Waals surface area contributed by atoms with Crippen LogP contribution in [0, 0.1) is 0 Å². The van der Waals surface area contributed by atoms with Gasteiger partial charge in [0.05, 0.1) is 24.0 Å². The van der Waals surface area contributed by atoms with Crippen LogP contribution in [-0.4, -0.2) is 33.4 Å². The van der Waals surface area contributed by atoms with Crippen molar-refractivity contribution in [3.63, 3.8) is 0 Å². The molecule has 0 saturated carbocycles. The number of aliphatic imine (C=N–C) groups is 1. The topological polar surface area (TPSA) is 50.5 Å². The molecule has 2 aromatic rings. The molecular weight excluding hydrogens is 252 g/mol. The monoisotopic (exact) mass is 270 g/mol. The molecule has 5 heteroatoms. The highest BCUT2D eigenvalue weighted by atomic mass is 16.1. The Morgan fingerprint density at radius 2 is 2.05 bits per heavy atom. The van der Waals surface area contributed by atoms with E-state index >= 15 is 0 Å². The molecule has 1 aliphatic heterocycles. The number of hydrogen-bond acceptors (Lipinski definition) is 3. The molecule has 2 heterocycles. The molecule has 5 nitrogen and oxygen atoms in total. The predicted molar refractivity (Wildman–Crippen MR) is 80.1 cm³/mol. The van der Waals surface area contributed by atoms with Crippen molar-refractivity contribution in [2.24, 2.45) is 4.99 Å². The summed E-state index contributed by atoms with van der Waals surface area (Å²) < 4.78 is 1.75. The smallest absolute Gasteiger partial charge is 0.261 e. The molecule has 0 saturated heterocycles. The number of amidine groups is 1. The van der Waals surface area contributed by atoms with Crippen LogP contribution in [0.2, 0.25) is 0 Å². The predicted octanol–water partition coefficient (Wildman–Crippen LogP) is 1.65. The van der Waals surface area contributed by atoms with Gasteiger partial charge < -0.3 is 4.90 Å². The normalized spacial score (nSPS) is 16.7. The number of para-hydroxylation sites is 1. The lowest BCUT2D eigenvalue weighted by Gasteiger charge is -2.31. The van der Waals surface area contributed by atoms with Gasteiger partial charge in [-0.2, -0.15) is 0 Å². The molecule has 0 amide bonds. The van der Waals surface area contributed by atoms with Crippen molar-refractivity contribution in [2.45, 2.75) is 26.9 Å². The minimum absolute atomic E-state index is 0.0326. The van der Waals surface area contributed by atoms with Crippen LogP contribution >= 0.6 is 0 Å². The lowest BCUT2D eigenvalue weighted by molar-refractivity contribution is 0.369. The van der Waals surface area contributed by atoms with Gasteiger partial charge in [0.2, 0.25) is 0 Å². The van der Waals surface area contributed by atoms with Gasteiger partial charge in [-0.15, -0.1) is 0 Å². The summed E-state index contributed by atoms with van der Waals surface area (Å²) >= 11 is 0. The molecule has 0 radical (unpaired) electrons. The maximum atomic E-state index is 12.6. The van der Waals surface area contributed by atoms with E-state index in [1.807, 2.05) is 31.2 Å². The van der Waals surface area contributed by atoms with Crippen molar-refractivity contribution < 1.29 is 0 Å². The average Bonchev–Trinajstić information content (AvgIpc) is 2.48. The maximum Gasteiger partial charge on any atom is 0.261 e. The third-order valence-corrected chi connectivity index (χ3v) is 3.66. The SMILES string of the molecule is CCN=C1Cn2c(nc3ccccc3c2=O)CN1CC. The van der Waals surface area contributed by atoms with E-state index in [1.54, 1.807) is 4.57 Å². The fourth-order valence-electron chi connectivity index (χ4n) is 2.63. The number of fused-ring (bicyclic) bond motifs is 2. The second-order valence-electron chi connectivity index (χ2n) is 4.84. The Hall–Kier alpha value is -2.17. The van der Waals surface area contributed by atoms with Crippen molar-refractivity contribution in [2.75, 3.05) is 13.1 Å². The third-order valence-electron chi connectivity index (χ3n) is 3.66. The second-order valence-corrected chi connectivity index (χ2v) is 4.84. The van der Waals surface area contributed by atoms with Crippen molar-refractivity contribution in [1.82, 2.24) is 14.5 Å². The highest BCUT2D eigenvalue weighted by Crippen LogP contribution is 2.14. The highest BCUT2D eigenvalue weighted by Gasteiger charge is 2.22. The number of likely N-dealkylation sites (N-methyl/N-ethyl adjacent to an activating group) is 1. The van der Waals surface area contributed by atoms with Gasteiger partial charge in [0, 0.05) is 13.1 Å². The molecule has 0 unspecified atom stereocenters. The zero-order valence-electron chi connectivity index (χ0n) is 11.8. The lowest BCUT2D eigenvalue weighted by Crippen LogP contribution is -2.44. The fourth-order valence-corrected chi connectivity index (χ4v) is 2.63. The van der Waals surface area contributed by atoms with Gasteiger partial charge in [-0.25, -0.2) is 4.98 Å². The van der Waals surface area contributed by atoms with Crippen molar-refractivity contribution in [3.05, 3.63) is 40.4 Å². The van der Waals surface area contributed by atoms with E-state index in [2.05, 4.69) is 21.8 Å². The van der Waals surface area contributed by atoms with Crippen LogP contribution < -0.4 is 5.56 Å². The molecular formula is C15H18N4O. The molecule has 0 atom stereocenters. The molecule has 0 N–H and O–H groups in total. The van der Waals surface area contributed by atoms with Crippen LogP contribution in [0.1, 0.15) is 19.7 Å². The first kappa shape index (κ1) is 12.8. The molecule has 1 aliphatic rings. The fraction of sp³-hybridized carbons (Fsp3) is 0.400. The molecule has 20 heavy (non-hydrogen) atoms. The van der Waals surface area contributed by atoms with Gasteiger partial charge >= 0.3 is 0 Å². The van der Waals surface area contributed by atoms with Crippen LogP contribution in [0.25, 0.3) is 10.9 Å². The number of nitrogens with zero attached hydrogens (tertiary/aromatic N) is 4. The molecule has 0 aliphatic carbocycles. The third kappa shape index (κ3) is 1.99. The summed E-state index contributed by atoms with van der Waals surface area (Å²) in [7, 11) is 0. The van der Waals surface area contributed by atoms with Crippen molar-refractivity contribution >= 4 is 16.7 Å². The van der Waals surface area contributed by atoms with Gasteiger partial charge in [0.25, 0.3) is 5.56 Å². The van der Waals surface area contributed by atoms with Gasteiger partial charge in [-0.3, -0.25) is 14.4 Å².